The smallest absolute Gasteiger partial charge is 0.350 e. The molecule has 7 nitrogen and oxygen atoms in total. The van der Waals surface area contributed by atoms with Gasteiger partial charge < -0.3 is 9.74 Å². The van der Waals surface area contributed by atoms with Crippen LogP contribution in [0.3, 0.4) is 0 Å². The number of aromatic nitrogens is 1. The van der Waals surface area contributed by atoms with Crippen LogP contribution in [0.5, 0.6) is 0 Å². The first-order valence-electron chi connectivity index (χ1n) is 9.88. The van der Waals surface area contributed by atoms with Crippen LogP contribution < -0.4 is 4.72 Å². The molecule has 0 bridgehead atoms. The van der Waals surface area contributed by atoms with Gasteiger partial charge >= 0.3 is 5.76 Å². The molecule has 178 valence electrons. The van der Waals surface area contributed by atoms with Crippen LogP contribution in [0, 0.1) is 18.6 Å². The van der Waals surface area contributed by atoms with Gasteiger partial charge in [-0.05, 0) is 30.7 Å². The summed E-state index contributed by atoms with van der Waals surface area (Å²) < 4.78 is 92.8. The van der Waals surface area contributed by atoms with E-state index in [1.807, 2.05) is 0 Å². The first-order chi connectivity index (χ1) is 15.6. The van der Waals surface area contributed by atoms with Gasteiger partial charge in [0, 0.05) is 18.3 Å². The summed E-state index contributed by atoms with van der Waals surface area (Å²) in [5.41, 5.74) is 0.783. The van der Waals surface area contributed by atoms with Crippen molar-refractivity contribution in [2.45, 2.75) is 37.4 Å². The highest BCUT2D eigenvalue weighted by Gasteiger charge is 2.41. The SMILES string of the molecule is Cc1cnc([C@@H]2CC(N3C[C@H](F)[C@H](NS(=O)(=O)C(F)F)C3)=NO2)c(-c2c(F)cccc2F)c1. The van der Waals surface area contributed by atoms with Crippen molar-refractivity contribution in [3.8, 4) is 11.1 Å². The number of likely N-dealkylation sites (tertiary alicyclic amines) is 1. The molecule has 0 aliphatic carbocycles. The van der Waals surface area contributed by atoms with E-state index >= 15 is 0 Å². The Morgan fingerprint density at radius 1 is 1.21 bits per heavy atom. The van der Waals surface area contributed by atoms with Crippen molar-refractivity contribution >= 4 is 15.9 Å². The largest absolute Gasteiger partial charge is 0.384 e. The van der Waals surface area contributed by atoms with Gasteiger partial charge in [0.1, 0.15) is 23.6 Å². The van der Waals surface area contributed by atoms with Gasteiger partial charge in [-0.3, -0.25) is 4.98 Å². The van der Waals surface area contributed by atoms with Gasteiger partial charge in [0.05, 0.1) is 30.3 Å². The molecule has 33 heavy (non-hydrogen) atoms. The lowest BCUT2D eigenvalue weighted by atomic mass is 9.97. The van der Waals surface area contributed by atoms with Crippen molar-refractivity contribution in [3.63, 3.8) is 0 Å². The zero-order valence-electron chi connectivity index (χ0n) is 17.2. The third-order valence-electron chi connectivity index (χ3n) is 5.41. The average molecular weight is 490 g/mol. The zero-order valence-corrected chi connectivity index (χ0v) is 18.0. The third kappa shape index (κ3) is 4.64. The molecule has 13 heteroatoms. The maximum Gasteiger partial charge on any atom is 0.350 e. The van der Waals surface area contributed by atoms with Gasteiger partial charge in [-0.15, -0.1) is 0 Å². The number of rotatable bonds is 5. The maximum absolute atomic E-state index is 14.4. The van der Waals surface area contributed by atoms with E-state index in [0.717, 1.165) is 12.1 Å². The number of pyridine rings is 1. The Bertz CT molecular complexity index is 1170. The van der Waals surface area contributed by atoms with E-state index in [9.17, 15) is 30.4 Å². The molecule has 1 aromatic carbocycles. The van der Waals surface area contributed by atoms with Crippen LogP contribution in [-0.2, 0) is 14.9 Å². The van der Waals surface area contributed by atoms with Gasteiger partial charge in [-0.25, -0.2) is 26.3 Å². The fourth-order valence-electron chi connectivity index (χ4n) is 3.84. The van der Waals surface area contributed by atoms with Crippen LogP contribution in [0.15, 0.2) is 35.6 Å². The normalized spacial score (nSPS) is 23.2. The Kier molecular flexibility index (Phi) is 6.27. The number of nitrogens with zero attached hydrogens (tertiary/aromatic N) is 3. The molecule has 0 amide bonds. The Labute approximate surface area is 186 Å². The zero-order chi connectivity index (χ0) is 23.9. The number of halogens is 5. The van der Waals surface area contributed by atoms with Crippen molar-refractivity contribution < 1.29 is 35.2 Å². The highest BCUT2D eigenvalue weighted by molar-refractivity contribution is 7.89. The Morgan fingerprint density at radius 2 is 1.91 bits per heavy atom. The number of amidine groups is 1. The first kappa shape index (κ1) is 23.4. The van der Waals surface area contributed by atoms with Crippen LogP contribution in [0.4, 0.5) is 22.0 Å². The van der Waals surface area contributed by atoms with Crippen LogP contribution >= 0.6 is 0 Å². The number of benzene rings is 1. The van der Waals surface area contributed by atoms with Gasteiger partial charge in [0.25, 0.3) is 10.0 Å². The van der Waals surface area contributed by atoms with Gasteiger partial charge in [-0.2, -0.15) is 8.78 Å². The summed E-state index contributed by atoms with van der Waals surface area (Å²) in [6, 6.07) is 3.66. The molecule has 0 spiro atoms. The Hall–Kier alpha value is -2.80. The molecule has 0 saturated carbocycles. The van der Waals surface area contributed by atoms with Crippen LogP contribution in [-0.4, -0.2) is 55.2 Å². The molecule has 1 saturated heterocycles. The quantitative estimate of drug-likeness (QED) is 0.651. The molecule has 2 aromatic rings. The minimum atomic E-state index is -4.97. The molecule has 1 fully saturated rings. The fourth-order valence-corrected chi connectivity index (χ4v) is 4.59. The number of nitrogens with one attached hydrogen (secondary N) is 1. The lowest BCUT2D eigenvalue weighted by Gasteiger charge is -2.18. The average Bonchev–Trinajstić information content (AvgIpc) is 3.35. The minimum Gasteiger partial charge on any atom is -0.384 e. The molecular weight excluding hydrogens is 471 g/mol. The number of sulfonamides is 1. The molecule has 0 unspecified atom stereocenters. The molecule has 4 rings (SSSR count). The van der Waals surface area contributed by atoms with Crippen LogP contribution in [0.25, 0.3) is 11.1 Å². The lowest BCUT2D eigenvalue weighted by molar-refractivity contribution is 0.0828. The maximum atomic E-state index is 14.4. The second kappa shape index (κ2) is 8.86. The highest BCUT2D eigenvalue weighted by atomic mass is 32.2. The molecule has 1 aromatic heterocycles. The lowest BCUT2D eigenvalue weighted by Crippen LogP contribution is -2.44. The van der Waals surface area contributed by atoms with Crippen LogP contribution in [0.2, 0.25) is 0 Å². The molecule has 1 N–H and O–H groups in total. The van der Waals surface area contributed by atoms with Crippen molar-refractivity contribution in [2.75, 3.05) is 13.1 Å². The summed E-state index contributed by atoms with van der Waals surface area (Å²) in [7, 11) is -4.97. The van der Waals surface area contributed by atoms with Crippen molar-refractivity contribution in [1.29, 1.82) is 0 Å². The molecule has 3 heterocycles. The van der Waals surface area contributed by atoms with Crippen molar-refractivity contribution in [3.05, 3.63) is 53.4 Å². The second-order valence-corrected chi connectivity index (χ2v) is 9.48. The van der Waals surface area contributed by atoms with Gasteiger partial charge in [-0.1, -0.05) is 11.2 Å². The molecular formula is C20H19F5N4O3S. The molecule has 2 aliphatic heterocycles. The Balaban J connectivity index is 1.53. The summed E-state index contributed by atoms with van der Waals surface area (Å²) in [6.45, 7) is 1.18. The van der Waals surface area contributed by atoms with E-state index in [1.165, 1.54) is 17.2 Å². The van der Waals surface area contributed by atoms with E-state index in [2.05, 4.69) is 10.1 Å². The Morgan fingerprint density at radius 3 is 2.58 bits per heavy atom. The van der Waals surface area contributed by atoms with E-state index < -0.39 is 45.7 Å². The minimum absolute atomic E-state index is 0.0557. The number of oxime groups is 1. The van der Waals surface area contributed by atoms with Gasteiger partial charge in [0.2, 0.25) is 0 Å². The topological polar surface area (TPSA) is 83.9 Å². The van der Waals surface area contributed by atoms with Gasteiger partial charge in [0.15, 0.2) is 6.10 Å². The summed E-state index contributed by atoms with van der Waals surface area (Å²) in [5.74, 6) is -5.00. The standard InChI is InChI=1S/C20H19F5N4O3S/c1-10-5-11(18-12(21)3-2-4-13(18)22)19(26-7-10)16-6-17(27-32-16)29-8-14(23)15(9-29)28-33(30,31)20(24)25/h2-5,7,14-16,20,28H,6,8-9H2,1H3/t14-,15+,16-/m0/s1. The van der Waals surface area contributed by atoms with E-state index in [4.69, 9.17) is 4.84 Å². The third-order valence-corrected chi connectivity index (χ3v) is 6.51. The fraction of sp³-hybridized carbons (Fsp3) is 0.400. The predicted molar refractivity (Wildman–Crippen MR) is 109 cm³/mol. The number of alkyl halides is 3. The molecule has 2 aliphatic rings. The summed E-state index contributed by atoms with van der Waals surface area (Å²) in [4.78, 5) is 11.1. The highest BCUT2D eigenvalue weighted by Crippen LogP contribution is 2.37. The number of hydrogen-bond acceptors (Lipinski definition) is 6. The van der Waals surface area contributed by atoms with E-state index in [0.29, 0.717) is 5.56 Å². The number of aryl methyl sites for hydroxylation is 1. The summed E-state index contributed by atoms with van der Waals surface area (Å²) >= 11 is 0. The summed E-state index contributed by atoms with van der Waals surface area (Å²) in [5, 5.41) is 3.90. The van der Waals surface area contributed by atoms with E-state index in [-0.39, 0.29) is 42.2 Å². The summed E-state index contributed by atoms with van der Waals surface area (Å²) in [6.07, 6.45) is -1.04. The monoisotopic (exact) mass is 490 g/mol. The van der Waals surface area contributed by atoms with Crippen LogP contribution in [0.1, 0.15) is 23.8 Å². The predicted octanol–water partition coefficient (Wildman–Crippen LogP) is 3.27. The molecule has 3 atom stereocenters. The number of hydrogen-bond donors (Lipinski definition) is 1. The second-order valence-electron chi connectivity index (χ2n) is 7.80. The van der Waals surface area contributed by atoms with Crippen molar-refractivity contribution in [2.24, 2.45) is 5.16 Å². The van der Waals surface area contributed by atoms with E-state index in [1.54, 1.807) is 17.7 Å². The first-order valence-corrected chi connectivity index (χ1v) is 11.4. The van der Waals surface area contributed by atoms with Crippen molar-refractivity contribution in [1.82, 2.24) is 14.6 Å². The molecule has 0 radical (unpaired) electrons.